The molecular formula is C13H25N. The van der Waals surface area contributed by atoms with Crippen LogP contribution in [0.3, 0.4) is 0 Å². The van der Waals surface area contributed by atoms with Gasteiger partial charge in [-0.25, -0.2) is 0 Å². The monoisotopic (exact) mass is 195 g/mol. The number of hydrogen-bond acceptors (Lipinski definition) is 1. The molecule has 14 heavy (non-hydrogen) atoms. The van der Waals surface area contributed by atoms with Crippen LogP contribution in [-0.2, 0) is 0 Å². The third kappa shape index (κ3) is 4.28. The third-order valence-electron chi connectivity index (χ3n) is 3.02. The van der Waals surface area contributed by atoms with Crippen LogP contribution in [0.4, 0.5) is 0 Å². The van der Waals surface area contributed by atoms with Crippen LogP contribution in [0.1, 0.15) is 58.8 Å². The molecule has 0 amide bonds. The first-order valence-corrected chi connectivity index (χ1v) is 6.28. The van der Waals surface area contributed by atoms with Crippen LogP contribution in [0.2, 0.25) is 0 Å². The summed E-state index contributed by atoms with van der Waals surface area (Å²) in [5, 5.41) is 3.59. The highest BCUT2D eigenvalue weighted by Gasteiger charge is 2.10. The average Bonchev–Trinajstić information content (AvgIpc) is 2.20. The summed E-state index contributed by atoms with van der Waals surface area (Å²) in [6, 6.07) is 0.731. The van der Waals surface area contributed by atoms with E-state index in [1.54, 1.807) is 5.57 Å². The van der Waals surface area contributed by atoms with Gasteiger partial charge in [-0.15, -0.1) is 0 Å². The molecule has 0 fully saturated rings. The molecule has 0 aromatic heterocycles. The van der Waals surface area contributed by atoms with Crippen LogP contribution in [0.25, 0.3) is 0 Å². The second-order valence-electron chi connectivity index (χ2n) is 4.36. The van der Waals surface area contributed by atoms with E-state index in [0.717, 1.165) is 12.6 Å². The Morgan fingerprint density at radius 2 is 2.21 bits per heavy atom. The Balaban J connectivity index is 2.32. The van der Waals surface area contributed by atoms with Gasteiger partial charge in [0.15, 0.2) is 0 Å². The Morgan fingerprint density at radius 3 is 2.79 bits per heavy atom. The van der Waals surface area contributed by atoms with Crippen molar-refractivity contribution < 1.29 is 0 Å². The van der Waals surface area contributed by atoms with Crippen molar-refractivity contribution in [1.29, 1.82) is 0 Å². The molecule has 0 aromatic rings. The fraction of sp³-hybridized carbons (Fsp3) is 0.846. The molecule has 0 heterocycles. The van der Waals surface area contributed by atoms with Gasteiger partial charge in [0.25, 0.3) is 0 Å². The summed E-state index contributed by atoms with van der Waals surface area (Å²) in [7, 11) is 0. The lowest BCUT2D eigenvalue weighted by Crippen LogP contribution is -2.29. The molecule has 1 nitrogen and oxygen atoms in total. The highest BCUT2D eigenvalue weighted by Crippen LogP contribution is 2.22. The van der Waals surface area contributed by atoms with Gasteiger partial charge < -0.3 is 5.32 Å². The van der Waals surface area contributed by atoms with Gasteiger partial charge in [0.05, 0.1) is 0 Å². The van der Waals surface area contributed by atoms with E-state index in [2.05, 4.69) is 25.2 Å². The fourth-order valence-corrected chi connectivity index (χ4v) is 2.32. The van der Waals surface area contributed by atoms with Gasteiger partial charge in [0.1, 0.15) is 0 Å². The molecule has 0 bridgehead atoms. The van der Waals surface area contributed by atoms with E-state index in [1.807, 2.05) is 0 Å². The van der Waals surface area contributed by atoms with Crippen molar-refractivity contribution in [3.05, 3.63) is 11.6 Å². The second kappa shape index (κ2) is 7.05. The lowest BCUT2D eigenvalue weighted by Gasteiger charge is -2.21. The molecule has 1 aliphatic carbocycles. The molecule has 1 heteroatoms. The number of allylic oxidation sites excluding steroid dienone is 1. The predicted octanol–water partition coefficient (Wildman–Crippen LogP) is 3.66. The van der Waals surface area contributed by atoms with E-state index in [9.17, 15) is 0 Å². The van der Waals surface area contributed by atoms with Crippen molar-refractivity contribution in [3.63, 3.8) is 0 Å². The quantitative estimate of drug-likeness (QED) is 0.638. The van der Waals surface area contributed by atoms with Crippen molar-refractivity contribution in [2.75, 3.05) is 6.54 Å². The van der Waals surface area contributed by atoms with Crippen LogP contribution in [0.15, 0.2) is 11.6 Å². The summed E-state index contributed by atoms with van der Waals surface area (Å²) in [5.41, 5.74) is 1.70. The van der Waals surface area contributed by atoms with Crippen molar-refractivity contribution >= 4 is 0 Å². The van der Waals surface area contributed by atoms with Gasteiger partial charge in [-0.2, -0.15) is 0 Å². The molecule has 1 aliphatic rings. The number of nitrogens with one attached hydrogen (secondary N) is 1. The highest BCUT2D eigenvalue weighted by molar-refractivity contribution is 5.06. The van der Waals surface area contributed by atoms with E-state index in [0.29, 0.717) is 0 Å². The van der Waals surface area contributed by atoms with Gasteiger partial charge in [-0.1, -0.05) is 31.9 Å². The predicted molar refractivity (Wildman–Crippen MR) is 63.5 cm³/mol. The minimum Gasteiger partial charge on any atom is -0.314 e. The maximum absolute atomic E-state index is 3.59. The van der Waals surface area contributed by atoms with Crippen molar-refractivity contribution in [2.24, 2.45) is 0 Å². The van der Waals surface area contributed by atoms with Gasteiger partial charge in [-0.05, 0) is 45.1 Å². The van der Waals surface area contributed by atoms with Crippen LogP contribution in [0.5, 0.6) is 0 Å². The largest absolute Gasteiger partial charge is 0.314 e. The van der Waals surface area contributed by atoms with Crippen molar-refractivity contribution in [1.82, 2.24) is 5.32 Å². The molecule has 0 saturated carbocycles. The molecule has 0 spiro atoms. The molecule has 1 atom stereocenters. The van der Waals surface area contributed by atoms with Gasteiger partial charge in [0, 0.05) is 6.04 Å². The lowest BCUT2D eigenvalue weighted by molar-refractivity contribution is 0.473. The van der Waals surface area contributed by atoms with Gasteiger partial charge >= 0.3 is 0 Å². The van der Waals surface area contributed by atoms with Gasteiger partial charge in [-0.3, -0.25) is 0 Å². The molecular weight excluding hydrogens is 170 g/mol. The van der Waals surface area contributed by atoms with E-state index in [-0.39, 0.29) is 0 Å². The summed E-state index contributed by atoms with van der Waals surface area (Å²) in [6.07, 6.45) is 11.9. The first-order valence-electron chi connectivity index (χ1n) is 6.28. The van der Waals surface area contributed by atoms with Crippen LogP contribution < -0.4 is 5.32 Å². The molecule has 0 saturated heterocycles. The summed E-state index contributed by atoms with van der Waals surface area (Å²) in [4.78, 5) is 0. The highest BCUT2D eigenvalue weighted by atomic mass is 14.9. The number of hydrogen-bond donors (Lipinski definition) is 1. The molecule has 0 radical (unpaired) electrons. The Hall–Kier alpha value is -0.300. The van der Waals surface area contributed by atoms with E-state index >= 15 is 0 Å². The van der Waals surface area contributed by atoms with Gasteiger partial charge in [0.2, 0.25) is 0 Å². The standard InChI is InChI=1S/C13H25N/c1-3-8-13(14-4-2)11-12-9-6-5-7-10-12/h9,13-14H,3-8,10-11H2,1-2H3. The molecule has 0 aliphatic heterocycles. The fourth-order valence-electron chi connectivity index (χ4n) is 2.32. The first-order chi connectivity index (χ1) is 6.86. The molecule has 1 N–H and O–H groups in total. The molecule has 1 rings (SSSR count). The molecule has 1 unspecified atom stereocenters. The smallest absolute Gasteiger partial charge is 0.0104 e. The Morgan fingerprint density at radius 1 is 1.36 bits per heavy atom. The summed E-state index contributed by atoms with van der Waals surface area (Å²) >= 11 is 0. The van der Waals surface area contributed by atoms with Crippen molar-refractivity contribution in [2.45, 2.75) is 64.8 Å². The topological polar surface area (TPSA) is 12.0 Å². The van der Waals surface area contributed by atoms with E-state index in [4.69, 9.17) is 0 Å². The summed E-state index contributed by atoms with van der Waals surface area (Å²) < 4.78 is 0. The normalized spacial score (nSPS) is 19.1. The maximum atomic E-state index is 3.59. The zero-order valence-electron chi connectivity index (χ0n) is 9.81. The maximum Gasteiger partial charge on any atom is 0.0104 e. The second-order valence-corrected chi connectivity index (χ2v) is 4.36. The minimum absolute atomic E-state index is 0.731. The Bertz CT molecular complexity index is 166. The zero-order valence-corrected chi connectivity index (χ0v) is 9.81. The third-order valence-corrected chi connectivity index (χ3v) is 3.02. The SMILES string of the molecule is CCCC(CC1=CCCCC1)NCC. The van der Waals surface area contributed by atoms with Crippen LogP contribution in [0, 0.1) is 0 Å². The first kappa shape index (κ1) is 11.8. The van der Waals surface area contributed by atoms with Crippen LogP contribution >= 0.6 is 0 Å². The Kier molecular flexibility index (Phi) is 5.93. The van der Waals surface area contributed by atoms with Crippen molar-refractivity contribution in [3.8, 4) is 0 Å². The summed E-state index contributed by atoms with van der Waals surface area (Å²) in [5.74, 6) is 0. The molecule has 0 aromatic carbocycles. The molecule has 82 valence electrons. The number of rotatable bonds is 6. The zero-order chi connectivity index (χ0) is 10.2. The lowest BCUT2D eigenvalue weighted by atomic mass is 9.93. The summed E-state index contributed by atoms with van der Waals surface area (Å²) in [6.45, 7) is 5.59. The van der Waals surface area contributed by atoms with E-state index < -0.39 is 0 Å². The minimum atomic E-state index is 0.731. The van der Waals surface area contributed by atoms with Crippen LogP contribution in [-0.4, -0.2) is 12.6 Å². The average molecular weight is 195 g/mol. The van der Waals surface area contributed by atoms with E-state index in [1.165, 1.54) is 44.9 Å². The Labute approximate surface area is 89.0 Å².